The second-order valence-corrected chi connectivity index (χ2v) is 5.58. The topological polar surface area (TPSA) is 74.6 Å². The first-order chi connectivity index (χ1) is 11.2. The smallest absolute Gasteiger partial charge is 0.255 e. The molecule has 0 spiro atoms. The molecule has 3 heterocycles. The van der Waals surface area contributed by atoms with E-state index in [-0.39, 0.29) is 24.8 Å². The van der Waals surface area contributed by atoms with Gasteiger partial charge in [-0.3, -0.25) is 9.48 Å². The third-order valence-corrected chi connectivity index (χ3v) is 4.20. The summed E-state index contributed by atoms with van der Waals surface area (Å²) in [5.41, 5.74) is 1.43. The Kier molecular flexibility index (Phi) is 3.42. The number of ether oxygens (including phenoxy) is 3. The van der Waals surface area contributed by atoms with E-state index in [0.29, 0.717) is 23.7 Å². The van der Waals surface area contributed by atoms with E-state index in [4.69, 9.17) is 14.2 Å². The molecule has 1 N–H and O–H groups in total. The first-order valence-corrected chi connectivity index (χ1v) is 7.53. The highest BCUT2D eigenvalue weighted by Crippen LogP contribution is 2.36. The summed E-state index contributed by atoms with van der Waals surface area (Å²) in [5.74, 6) is 0.916. The van der Waals surface area contributed by atoms with E-state index in [0.717, 1.165) is 12.1 Å². The third-order valence-electron chi connectivity index (χ3n) is 4.20. The molecule has 2 atom stereocenters. The minimum Gasteiger partial charge on any atom is -0.454 e. The van der Waals surface area contributed by atoms with Crippen LogP contribution in [-0.4, -0.2) is 35.1 Å². The minimum atomic E-state index is -0.194. The maximum atomic E-state index is 12.6. The van der Waals surface area contributed by atoms with E-state index >= 15 is 0 Å². The van der Waals surface area contributed by atoms with Crippen molar-refractivity contribution in [3.63, 3.8) is 0 Å². The lowest BCUT2D eigenvalue weighted by atomic mass is 10.1. The number of para-hydroxylation sites is 1. The molecule has 2 aromatic rings. The molecule has 0 radical (unpaired) electrons. The predicted octanol–water partition coefficient (Wildman–Crippen LogP) is 1.41. The standard InChI is InChI=1S/C16H17N3O4/c1-19-12(5-7-17-19)15-11(6-8-21-15)18-16(20)10-3-2-4-13-14(10)23-9-22-13/h2-5,7,11,15H,6,8-9H2,1H3,(H,18,20)/t11-,15-/m0/s1. The summed E-state index contributed by atoms with van der Waals surface area (Å²) in [7, 11) is 1.87. The fraction of sp³-hybridized carbons (Fsp3) is 0.375. The van der Waals surface area contributed by atoms with Gasteiger partial charge in [0.2, 0.25) is 6.79 Å². The largest absolute Gasteiger partial charge is 0.454 e. The van der Waals surface area contributed by atoms with E-state index in [9.17, 15) is 4.79 Å². The normalized spacial score (nSPS) is 22.3. The van der Waals surface area contributed by atoms with Crippen molar-refractivity contribution in [3.8, 4) is 11.5 Å². The Balaban J connectivity index is 1.55. The van der Waals surface area contributed by atoms with Crippen molar-refractivity contribution in [2.75, 3.05) is 13.4 Å². The van der Waals surface area contributed by atoms with Gasteiger partial charge in [-0.15, -0.1) is 0 Å². The third kappa shape index (κ3) is 2.43. The Morgan fingerprint density at radius 2 is 2.26 bits per heavy atom. The van der Waals surface area contributed by atoms with Crippen LogP contribution in [0.5, 0.6) is 11.5 Å². The Morgan fingerprint density at radius 3 is 3.09 bits per heavy atom. The first-order valence-electron chi connectivity index (χ1n) is 7.53. The lowest BCUT2D eigenvalue weighted by Gasteiger charge is -2.20. The molecule has 1 fully saturated rings. The zero-order chi connectivity index (χ0) is 15.8. The molecule has 0 saturated carbocycles. The van der Waals surface area contributed by atoms with Gasteiger partial charge in [0.15, 0.2) is 11.5 Å². The number of nitrogens with one attached hydrogen (secondary N) is 1. The van der Waals surface area contributed by atoms with Gasteiger partial charge >= 0.3 is 0 Å². The molecule has 1 aromatic carbocycles. The highest BCUT2D eigenvalue weighted by atomic mass is 16.7. The van der Waals surface area contributed by atoms with Gasteiger partial charge in [-0.1, -0.05) is 6.07 Å². The van der Waals surface area contributed by atoms with Gasteiger partial charge in [0.1, 0.15) is 6.10 Å². The fourth-order valence-corrected chi connectivity index (χ4v) is 3.05. The number of aryl methyl sites for hydroxylation is 1. The first kappa shape index (κ1) is 14.1. The van der Waals surface area contributed by atoms with Crippen molar-refractivity contribution >= 4 is 5.91 Å². The van der Waals surface area contributed by atoms with Crippen LogP contribution < -0.4 is 14.8 Å². The van der Waals surface area contributed by atoms with Crippen molar-refractivity contribution < 1.29 is 19.0 Å². The maximum absolute atomic E-state index is 12.6. The molecule has 4 rings (SSSR count). The lowest BCUT2D eigenvalue weighted by molar-refractivity contribution is 0.0790. The van der Waals surface area contributed by atoms with E-state index in [2.05, 4.69) is 10.4 Å². The molecule has 2 aliphatic rings. The monoisotopic (exact) mass is 315 g/mol. The van der Waals surface area contributed by atoms with Gasteiger partial charge in [-0.25, -0.2) is 0 Å². The van der Waals surface area contributed by atoms with E-state index < -0.39 is 0 Å². The van der Waals surface area contributed by atoms with Crippen LogP contribution in [-0.2, 0) is 11.8 Å². The summed E-state index contributed by atoms with van der Waals surface area (Å²) in [5, 5.41) is 7.22. The maximum Gasteiger partial charge on any atom is 0.255 e. The number of rotatable bonds is 3. The van der Waals surface area contributed by atoms with Crippen LogP contribution in [0.3, 0.4) is 0 Å². The Labute approximate surface area is 133 Å². The zero-order valence-corrected chi connectivity index (χ0v) is 12.7. The molecule has 2 aliphatic heterocycles. The second kappa shape index (κ2) is 5.58. The quantitative estimate of drug-likeness (QED) is 0.927. The van der Waals surface area contributed by atoms with Gasteiger partial charge in [0.25, 0.3) is 5.91 Å². The molecule has 1 saturated heterocycles. The molecular weight excluding hydrogens is 298 g/mol. The fourth-order valence-electron chi connectivity index (χ4n) is 3.05. The molecule has 0 bridgehead atoms. The minimum absolute atomic E-state index is 0.101. The molecular formula is C16H17N3O4. The van der Waals surface area contributed by atoms with Crippen molar-refractivity contribution in [3.05, 3.63) is 41.7 Å². The molecule has 1 amide bonds. The molecule has 0 unspecified atom stereocenters. The van der Waals surface area contributed by atoms with Crippen molar-refractivity contribution in [1.29, 1.82) is 0 Å². The summed E-state index contributed by atoms with van der Waals surface area (Å²) >= 11 is 0. The number of aromatic nitrogens is 2. The lowest BCUT2D eigenvalue weighted by Crippen LogP contribution is -2.37. The number of carbonyl (C=O) groups excluding carboxylic acids is 1. The molecule has 7 nitrogen and oxygen atoms in total. The molecule has 23 heavy (non-hydrogen) atoms. The summed E-state index contributed by atoms with van der Waals surface area (Å²) in [6.45, 7) is 0.747. The van der Waals surface area contributed by atoms with Crippen LogP contribution in [0.1, 0.15) is 28.6 Å². The van der Waals surface area contributed by atoms with Crippen molar-refractivity contribution in [2.24, 2.45) is 7.05 Å². The average Bonchev–Trinajstić information content (AvgIpc) is 3.26. The van der Waals surface area contributed by atoms with Gasteiger partial charge < -0.3 is 19.5 Å². The molecule has 7 heteroatoms. The van der Waals surface area contributed by atoms with Gasteiger partial charge in [-0.05, 0) is 24.6 Å². The number of hydrogen-bond acceptors (Lipinski definition) is 5. The molecule has 1 aromatic heterocycles. The summed E-state index contributed by atoms with van der Waals surface area (Å²) in [6, 6.07) is 7.11. The van der Waals surface area contributed by atoms with E-state index in [1.165, 1.54) is 0 Å². The van der Waals surface area contributed by atoms with Crippen LogP contribution in [0, 0.1) is 0 Å². The Morgan fingerprint density at radius 1 is 1.35 bits per heavy atom. The Hall–Kier alpha value is -2.54. The summed E-state index contributed by atoms with van der Waals surface area (Å²) in [4.78, 5) is 12.6. The van der Waals surface area contributed by atoms with Gasteiger partial charge in [-0.2, -0.15) is 5.10 Å². The molecule has 0 aliphatic carbocycles. The van der Waals surface area contributed by atoms with E-state index in [1.54, 1.807) is 29.1 Å². The molecule has 120 valence electrons. The highest BCUT2D eigenvalue weighted by Gasteiger charge is 2.34. The van der Waals surface area contributed by atoms with Crippen molar-refractivity contribution in [1.82, 2.24) is 15.1 Å². The number of hydrogen-bond donors (Lipinski definition) is 1. The van der Waals surface area contributed by atoms with Crippen LogP contribution >= 0.6 is 0 Å². The highest BCUT2D eigenvalue weighted by molar-refractivity contribution is 5.98. The van der Waals surface area contributed by atoms with Gasteiger partial charge in [0, 0.05) is 19.9 Å². The number of amides is 1. The SMILES string of the molecule is Cn1nccc1[C@H]1OCC[C@@H]1NC(=O)c1cccc2c1OCO2. The second-order valence-electron chi connectivity index (χ2n) is 5.58. The number of carbonyl (C=O) groups is 1. The summed E-state index contributed by atoms with van der Waals surface area (Å²) < 4.78 is 18.3. The number of nitrogens with zero attached hydrogens (tertiary/aromatic N) is 2. The van der Waals surface area contributed by atoms with Crippen LogP contribution in [0.4, 0.5) is 0 Å². The van der Waals surface area contributed by atoms with Crippen LogP contribution in [0.2, 0.25) is 0 Å². The number of fused-ring (bicyclic) bond motifs is 1. The van der Waals surface area contributed by atoms with Gasteiger partial charge in [0.05, 0.1) is 17.3 Å². The average molecular weight is 315 g/mol. The number of benzene rings is 1. The van der Waals surface area contributed by atoms with Crippen LogP contribution in [0.25, 0.3) is 0 Å². The van der Waals surface area contributed by atoms with Crippen LogP contribution in [0.15, 0.2) is 30.5 Å². The van der Waals surface area contributed by atoms with E-state index in [1.807, 2.05) is 13.1 Å². The Bertz CT molecular complexity index is 743. The zero-order valence-electron chi connectivity index (χ0n) is 12.7. The predicted molar refractivity (Wildman–Crippen MR) is 80.3 cm³/mol. The van der Waals surface area contributed by atoms with Crippen molar-refractivity contribution in [2.45, 2.75) is 18.6 Å². The summed E-state index contributed by atoms with van der Waals surface area (Å²) in [6.07, 6.45) is 2.29.